The molecule has 0 aliphatic carbocycles. The number of hydrogen-bond donors (Lipinski definition) is 1. The first-order chi connectivity index (χ1) is 7.04. The van der Waals surface area contributed by atoms with Gasteiger partial charge in [-0.1, -0.05) is 6.07 Å². The third kappa shape index (κ3) is 2.47. The second-order valence-corrected chi connectivity index (χ2v) is 5.50. The van der Waals surface area contributed by atoms with E-state index in [0.29, 0.717) is 0 Å². The summed E-state index contributed by atoms with van der Waals surface area (Å²) < 4.78 is 23.6. The van der Waals surface area contributed by atoms with Crippen LogP contribution in [0.1, 0.15) is 5.56 Å². The van der Waals surface area contributed by atoms with Gasteiger partial charge < -0.3 is 4.42 Å². The molecule has 0 saturated heterocycles. The van der Waals surface area contributed by atoms with Gasteiger partial charge in [-0.15, -0.1) is 0 Å². The van der Waals surface area contributed by atoms with Gasteiger partial charge in [-0.05, 0) is 29.8 Å². The average molecular weight is 221 g/mol. The van der Waals surface area contributed by atoms with Crippen LogP contribution < -0.4 is 0 Å². The van der Waals surface area contributed by atoms with Crippen molar-refractivity contribution in [1.82, 2.24) is 0 Å². The fraction of sp³-hybridized carbons (Fsp3) is 0.0909. The van der Waals surface area contributed by atoms with Crippen molar-refractivity contribution in [2.45, 2.75) is 0 Å². The molecule has 0 fully saturated rings. The predicted octanol–water partition coefficient (Wildman–Crippen LogP) is 3.08. The number of rotatable bonds is 2. The van der Waals surface area contributed by atoms with Crippen molar-refractivity contribution in [2.24, 2.45) is 0 Å². The minimum Gasteiger partial charge on any atom is -0.464 e. The maximum absolute atomic E-state index is 11.1. The Morgan fingerprint density at radius 2 is 2.20 bits per heavy atom. The van der Waals surface area contributed by atoms with Crippen LogP contribution in [0.4, 0.5) is 0 Å². The van der Waals surface area contributed by atoms with Crippen LogP contribution in [-0.2, 0) is 9.73 Å². The van der Waals surface area contributed by atoms with Gasteiger partial charge in [0.2, 0.25) is 0 Å². The van der Waals surface area contributed by atoms with Crippen LogP contribution in [0.15, 0.2) is 40.4 Å². The highest BCUT2D eigenvalue weighted by Crippen LogP contribution is 2.17. The molecule has 1 unspecified atom stereocenters. The number of benzene rings is 1. The van der Waals surface area contributed by atoms with Crippen molar-refractivity contribution < 1.29 is 8.63 Å². The van der Waals surface area contributed by atoms with E-state index in [1.54, 1.807) is 12.3 Å². The third-order valence-electron chi connectivity index (χ3n) is 2.00. The Morgan fingerprint density at radius 1 is 1.40 bits per heavy atom. The van der Waals surface area contributed by atoms with Crippen LogP contribution in [0.2, 0.25) is 0 Å². The van der Waals surface area contributed by atoms with Crippen LogP contribution in [0.3, 0.4) is 0 Å². The Labute approximate surface area is 88.4 Å². The second kappa shape index (κ2) is 3.55. The van der Waals surface area contributed by atoms with Crippen molar-refractivity contribution in [3.05, 3.63) is 41.5 Å². The summed E-state index contributed by atoms with van der Waals surface area (Å²) in [5.74, 6) is 0. The summed E-state index contributed by atoms with van der Waals surface area (Å²) >= 11 is 0. The molecular weight excluding hydrogens is 210 g/mol. The lowest BCUT2D eigenvalue weighted by Gasteiger charge is -1.94. The highest BCUT2D eigenvalue weighted by Gasteiger charge is 1.96. The lowest BCUT2D eigenvalue weighted by atomic mass is 10.2. The summed E-state index contributed by atoms with van der Waals surface area (Å²) in [7, 11) is -2.57. The fourth-order valence-corrected chi connectivity index (χ4v) is 1.71. The van der Waals surface area contributed by atoms with Gasteiger partial charge in [0.15, 0.2) is 0 Å². The van der Waals surface area contributed by atoms with Crippen LogP contribution in [0.5, 0.6) is 0 Å². The summed E-state index contributed by atoms with van der Waals surface area (Å²) in [6, 6.07) is 7.53. The first kappa shape index (κ1) is 9.98. The molecule has 1 N–H and O–H groups in total. The van der Waals surface area contributed by atoms with Crippen molar-refractivity contribution in [2.75, 3.05) is 6.26 Å². The summed E-state index contributed by atoms with van der Waals surface area (Å²) in [4.78, 5) is 0. The van der Waals surface area contributed by atoms with E-state index in [0.717, 1.165) is 16.5 Å². The van der Waals surface area contributed by atoms with Gasteiger partial charge in [-0.25, -0.2) is 8.99 Å². The average Bonchev–Trinajstić information content (AvgIpc) is 2.60. The Kier molecular flexibility index (Phi) is 2.36. The molecular formula is C11H11NO2S. The normalized spacial score (nSPS) is 15.8. The molecule has 0 spiro atoms. The number of fused-ring (bicyclic) bond motifs is 1. The van der Waals surface area contributed by atoms with Crippen molar-refractivity contribution in [3.8, 4) is 0 Å². The molecule has 0 bridgehead atoms. The summed E-state index contributed by atoms with van der Waals surface area (Å²) in [6.45, 7) is 0. The quantitative estimate of drug-likeness (QED) is 0.847. The topological polar surface area (TPSA) is 54.1 Å². The second-order valence-electron chi connectivity index (χ2n) is 3.42. The monoisotopic (exact) mass is 221 g/mol. The fourth-order valence-electron chi connectivity index (χ4n) is 1.30. The van der Waals surface area contributed by atoms with Crippen molar-refractivity contribution >= 4 is 26.8 Å². The zero-order chi connectivity index (χ0) is 10.9. The van der Waals surface area contributed by atoms with Gasteiger partial charge in [0.05, 0.1) is 16.0 Å². The molecule has 1 heterocycles. The molecule has 0 amide bonds. The first-order valence-corrected chi connectivity index (χ1v) is 6.47. The SMILES string of the molecule is CS(=N)(=O)/C=C/c1ccc2occc2c1. The molecule has 78 valence electrons. The molecule has 2 rings (SSSR count). The van der Waals surface area contributed by atoms with E-state index in [1.165, 1.54) is 11.7 Å². The molecule has 0 aliphatic heterocycles. The molecule has 0 saturated carbocycles. The zero-order valence-corrected chi connectivity index (χ0v) is 9.08. The van der Waals surface area contributed by atoms with Crippen LogP contribution in [-0.4, -0.2) is 10.5 Å². The summed E-state index contributed by atoms with van der Waals surface area (Å²) in [5.41, 5.74) is 1.75. The molecule has 1 aromatic heterocycles. The molecule has 1 aromatic carbocycles. The van der Waals surface area contributed by atoms with Crippen molar-refractivity contribution in [1.29, 1.82) is 4.78 Å². The third-order valence-corrected chi connectivity index (χ3v) is 2.65. The highest BCUT2D eigenvalue weighted by atomic mass is 32.2. The van der Waals surface area contributed by atoms with Gasteiger partial charge >= 0.3 is 0 Å². The minimum atomic E-state index is -2.57. The standard InChI is InChI=1S/C11H11NO2S/c1-15(12,13)7-5-9-2-3-11-10(8-9)4-6-14-11/h2-8,12H,1H3/b7-5+. The highest BCUT2D eigenvalue weighted by molar-refractivity contribution is 7.94. The minimum absolute atomic E-state index is 0.829. The number of hydrogen-bond acceptors (Lipinski definition) is 3. The van der Waals surface area contributed by atoms with E-state index < -0.39 is 9.73 Å². The van der Waals surface area contributed by atoms with E-state index >= 15 is 0 Å². The smallest absolute Gasteiger partial charge is 0.133 e. The van der Waals surface area contributed by atoms with Gasteiger partial charge in [-0.2, -0.15) is 0 Å². The van der Waals surface area contributed by atoms with Gasteiger partial charge in [0.25, 0.3) is 0 Å². The van der Waals surface area contributed by atoms with E-state index in [-0.39, 0.29) is 0 Å². The molecule has 3 nitrogen and oxygen atoms in total. The van der Waals surface area contributed by atoms with Gasteiger partial charge in [0.1, 0.15) is 5.58 Å². The lowest BCUT2D eigenvalue weighted by molar-refractivity contribution is 0.616. The van der Waals surface area contributed by atoms with E-state index in [2.05, 4.69) is 0 Å². The number of furan rings is 1. The van der Waals surface area contributed by atoms with E-state index in [4.69, 9.17) is 9.20 Å². The Bertz CT molecular complexity index is 608. The molecule has 15 heavy (non-hydrogen) atoms. The van der Waals surface area contributed by atoms with E-state index in [1.807, 2.05) is 24.3 Å². The maximum atomic E-state index is 11.1. The first-order valence-electron chi connectivity index (χ1n) is 4.44. The Balaban J connectivity index is 2.41. The lowest BCUT2D eigenvalue weighted by Crippen LogP contribution is -1.84. The molecule has 4 heteroatoms. The summed E-state index contributed by atoms with van der Waals surface area (Å²) in [6.07, 6.45) is 4.72. The Hall–Kier alpha value is -1.55. The van der Waals surface area contributed by atoms with E-state index in [9.17, 15) is 4.21 Å². The van der Waals surface area contributed by atoms with Crippen LogP contribution in [0, 0.1) is 4.78 Å². The number of nitrogens with one attached hydrogen (secondary N) is 1. The van der Waals surface area contributed by atoms with Crippen molar-refractivity contribution in [3.63, 3.8) is 0 Å². The van der Waals surface area contributed by atoms with Gasteiger partial charge in [-0.3, -0.25) is 0 Å². The summed E-state index contributed by atoms with van der Waals surface area (Å²) in [5, 5.41) is 2.42. The Morgan fingerprint density at radius 3 is 2.93 bits per heavy atom. The predicted molar refractivity (Wildman–Crippen MR) is 62.0 cm³/mol. The van der Waals surface area contributed by atoms with Gasteiger partial charge in [0, 0.05) is 17.1 Å². The maximum Gasteiger partial charge on any atom is 0.133 e. The molecule has 0 radical (unpaired) electrons. The van der Waals surface area contributed by atoms with Crippen LogP contribution >= 0.6 is 0 Å². The van der Waals surface area contributed by atoms with Crippen LogP contribution in [0.25, 0.3) is 17.0 Å². The molecule has 0 aliphatic rings. The molecule has 1 atom stereocenters. The zero-order valence-electron chi connectivity index (χ0n) is 8.27. The molecule has 2 aromatic rings. The largest absolute Gasteiger partial charge is 0.464 e.